The molecule has 7 nitrogen and oxygen atoms in total. The molecule has 2 aliphatic rings. The molecule has 0 spiro atoms. The number of fused-ring (bicyclic) bond motifs is 2. The molecule has 1 saturated heterocycles. The Kier molecular flexibility index (Phi) is 4.56. The summed E-state index contributed by atoms with van der Waals surface area (Å²) in [6, 6.07) is 10.9. The van der Waals surface area contributed by atoms with E-state index < -0.39 is 29.3 Å². The normalized spacial score (nSPS) is 19.4. The molecule has 1 amide bonds. The van der Waals surface area contributed by atoms with Gasteiger partial charge in [-0.1, -0.05) is 18.2 Å². The summed E-state index contributed by atoms with van der Waals surface area (Å²) in [5.41, 5.74) is -0.0419. The van der Waals surface area contributed by atoms with Crippen molar-refractivity contribution in [2.45, 2.75) is 12.2 Å². The Labute approximate surface area is 175 Å². The molecule has 30 heavy (non-hydrogen) atoms. The van der Waals surface area contributed by atoms with E-state index in [-0.39, 0.29) is 18.1 Å². The van der Waals surface area contributed by atoms with E-state index in [0.717, 1.165) is 4.88 Å². The van der Waals surface area contributed by atoms with Gasteiger partial charge in [0.05, 0.1) is 13.2 Å². The van der Waals surface area contributed by atoms with Gasteiger partial charge in [0, 0.05) is 23.7 Å². The lowest BCUT2D eigenvalue weighted by molar-refractivity contribution is -0.0196. The van der Waals surface area contributed by atoms with Crippen molar-refractivity contribution in [2.75, 3.05) is 24.8 Å². The van der Waals surface area contributed by atoms with Crippen LogP contribution < -0.4 is 10.4 Å². The number of halogens is 1. The summed E-state index contributed by atoms with van der Waals surface area (Å²) in [5.74, 6) is -1.40. The van der Waals surface area contributed by atoms with Crippen LogP contribution in [0.3, 0.4) is 0 Å². The zero-order valence-electron chi connectivity index (χ0n) is 15.8. The summed E-state index contributed by atoms with van der Waals surface area (Å²) in [6.07, 6.45) is 0.984. The largest absolute Gasteiger partial charge is 0.502 e. The number of aromatic nitrogens is 1. The maximum Gasteiger partial charge on any atom is 0.278 e. The van der Waals surface area contributed by atoms with E-state index in [2.05, 4.69) is 0 Å². The number of hydrogen-bond acceptors (Lipinski definition) is 6. The number of benzene rings is 1. The first-order valence-corrected chi connectivity index (χ1v) is 10.3. The molecule has 0 bridgehead atoms. The van der Waals surface area contributed by atoms with Gasteiger partial charge >= 0.3 is 0 Å². The first kappa shape index (κ1) is 18.8. The topological polar surface area (TPSA) is 75.0 Å². The fraction of sp³-hybridized carbons (Fsp3) is 0.238. The fourth-order valence-electron chi connectivity index (χ4n) is 4.10. The highest BCUT2D eigenvalue weighted by Gasteiger charge is 2.44. The highest BCUT2D eigenvalue weighted by Crippen LogP contribution is 2.37. The molecular formula is C21H18FN3O4S. The molecule has 9 heteroatoms. The molecule has 1 fully saturated rings. The first-order chi connectivity index (χ1) is 14.6. The van der Waals surface area contributed by atoms with Crippen molar-refractivity contribution in [3.63, 3.8) is 0 Å². The van der Waals surface area contributed by atoms with Crippen LogP contribution >= 0.6 is 11.3 Å². The van der Waals surface area contributed by atoms with E-state index in [1.54, 1.807) is 11.0 Å². The monoisotopic (exact) mass is 427 g/mol. The number of aromatic hydroxyl groups is 1. The average Bonchev–Trinajstić information content (AvgIpc) is 3.27. The van der Waals surface area contributed by atoms with Gasteiger partial charge in [0.1, 0.15) is 18.0 Å². The average molecular weight is 427 g/mol. The van der Waals surface area contributed by atoms with Crippen molar-refractivity contribution in [2.24, 2.45) is 0 Å². The lowest BCUT2D eigenvalue weighted by atomic mass is 10.0. The zero-order chi connectivity index (χ0) is 20.8. The number of carbonyl (C=O) groups excluding carboxylic acids is 1. The summed E-state index contributed by atoms with van der Waals surface area (Å²) in [5, 5.41) is 14.2. The van der Waals surface area contributed by atoms with Gasteiger partial charge < -0.3 is 14.7 Å². The third-order valence-electron chi connectivity index (χ3n) is 5.42. The molecule has 2 atom stereocenters. The minimum absolute atomic E-state index is 0.0985. The molecule has 2 aromatic heterocycles. The number of carbonyl (C=O) groups is 1. The van der Waals surface area contributed by atoms with Crippen molar-refractivity contribution in [3.8, 4) is 5.75 Å². The number of hydrogen-bond donors (Lipinski definition) is 1. The molecule has 1 N–H and O–H groups in total. The molecule has 0 radical (unpaired) electrons. The predicted octanol–water partition coefficient (Wildman–Crippen LogP) is 2.29. The lowest BCUT2D eigenvalue weighted by Crippen LogP contribution is -2.66. The Morgan fingerprint density at radius 2 is 2.07 bits per heavy atom. The van der Waals surface area contributed by atoms with Gasteiger partial charge in [-0.3, -0.25) is 19.3 Å². The number of nitrogens with zero attached hydrogens (tertiary/aromatic N) is 3. The SMILES string of the molecule is O=C1c2c(O)c(=O)ccn2N([C@@H](c2cccc(F)c2)c2cccs2)[C@@H]2COCCN12. The number of thiophene rings is 1. The molecule has 0 unspecified atom stereocenters. The summed E-state index contributed by atoms with van der Waals surface area (Å²) in [4.78, 5) is 27.7. The molecule has 5 rings (SSSR count). The Morgan fingerprint density at radius 1 is 1.20 bits per heavy atom. The van der Waals surface area contributed by atoms with Crippen molar-refractivity contribution in [1.29, 1.82) is 0 Å². The molecule has 0 aliphatic carbocycles. The number of pyridine rings is 1. The molecule has 2 aliphatic heterocycles. The Bertz CT molecular complexity index is 1160. The van der Waals surface area contributed by atoms with Crippen LogP contribution in [-0.4, -0.2) is 46.5 Å². The second-order valence-electron chi connectivity index (χ2n) is 7.13. The van der Waals surface area contributed by atoms with E-state index in [4.69, 9.17) is 4.74 Å². The van der Waals surface area contributed by atoms with Gasteiger partial charge in [-0.15, -0.1) is 11.3 Å². The van der Waals surface area contributed by atoms with Gasteiger partial charge in [0.25, 0.3) is 5.91 Å². The smallest absolute Gasteiger partial charge is 0.278 e. The van der Waals surface area contributed by atoms with E-state index >= 15 is 0 Å². The van der Waals surface area contributed by atoms with Crippen LogP contribution in [0.4, 0.5) is 4.39 Å². The lowest BCUT2D eigenvalue weighted by Gasteiger charge is -2.51. The van der Waals surface area contributed by atoms with E-state index in [1.165, 1.54) is 40.4 Å². The van der Waals surface area contributed by atoms with Crippen LogP contribution in [0.1, 0.15) is 27.0 Å². The second-order valence-corrected chi connectivity index (χ2v) is 8.11. The first-order valence-electron chi connectivity index (χ1n) is 9.47. The van der Waals surface area contributed by atoms with Crippen molar-refractivity contribution in [1.82, 2.24) is 9.58 Å². The summed E-state index contributed by atoms with van der Waals surface area (Å²) in [7, 11) is 0. The standard InChI is InChI=1S/C21H18FN3O4S/c22-14-4-1-3-13(11-14)18(16-5-2-10-30-16)25-17-12-29-9-8-23(17)21(28)19-20(27)15(26)6-7-24(19)25/h1-7,10-11,17-18,27H,8-9,12H2/t17-,18+/m1/s1. The van der Waals surface area contributed by atoms with Crippen LogP contribution in [-0.2, 0) is 4.74 Å². The van der Waals surface area contributed by atoms with Gasteiger partial charge in [-0.25, -0.2) is 4.39 Å². The Hall–Kier alpha value is -3.17. The zero-order valence-corrected chi connectivity index (χ0v) is 16.6. The van der Waals surface area contributed by atoms with Crippen LogP contribution in [0, 0.1) is 5.82 Å². The molecule has 4 heterocycles. The molecule has 1 aromatic carbocycles. The summed E-state index contributed by atoms with van der Waals surface area (Å²) >= 11 is 1.50. The third-order valence-corrected chi connectivity index (χ3v) is 6.34. The van der Waals surface area contributed by atoms with Gasteiger partial charge in [0.15, 0.2) is 11.4 Å². The highest BCUT2D eigenvalue weighted by molar-refractivity contribution is 7.10. The minimum atomic E-state index is -0.625. The van der Waals surface area contributed by atoms with Crippen LogP contribution in [0.5, 0.6) is 5.75 Å². The second kappa shape index (κ2) is 7.26. The quantitative estimate of drug-likeness (QED) is 0.694. The fourth-order valence-corrected chi connectivity index (χ4v) is 4.95. The molecule has 154 valence electrons. The van der Waals surface area contributed by atoms with E-state index in [9.17, 15) is 19.1 Å². The van der Waals surface area contributed by atoms with Crippen LogP contribution in [0.2, 0.25) is 0 Å². The maximum absolute atomic E-state index is 14.2. The van der Waals surface area contributed by atoms with E-state index in [1.807, 2.05) is 28.6 Å². The summed E-state index contributed by atoms with van der Waals surface area (Å²) < 4.78 is 21.3. The number of morpholine rings is 1. The number of rotatable bonds is 3. The molecule has 3 aromatic rings. The van der Waals surface area contributed by atoms with Crippen molar-refractivity contribution in [3.05, 3.63) is 86.2 Å². The number of ether oxygens (including phenoxy) is 1. The predicted molar refractivity (Wildman–Crippen MR) is 109 cm³/mol. The van der Waals surface area contributed by atoms with Crippen molar-refractivity contribution < 1.29 is 19.0 Å². The van der Waals surface area contributed by atoms with Gasteiger partial charge in [-0.2, -0.15) is 0 Å². The van der Waals surface area contributed by atoms with Crippen LogP contribution in [0.25, 0.3) is 0 Å². The van der Waals surface area contributed by atoms with Gasteiger partial charge in [0.2, 0.25) is 5.43 Å². The minimum Gasteiger partial charge on any atom is -0.502 e. The highest BCUT2D eigenvalue weighted by atomic mass is 32.1. The Morgan fingerprint density at radius 3 is 2.83 bits per heavy atom. The number of amides is 1. The Balaban J connectivity index is 1.77. The van der Waals surface area contributed by atoms with Gasteiger partial charge in [-0.05, 0) is 29.1 Å². The maximum atomic E-state index is 14.2. The van der Waals surface area contributed by atoms with E-state index in [0.29, 0.717) is 18.7 Å². The molecule has 0 saturated carbocycles. The van der Waals surface area contributed by atoms with Crippen molar-refractivity contribution >= 4 is 17.2 Å². The third kappa shape index (κ3) is 2.89. The summed E-state index contributed by atoms with van der Waals surface area (Å²) in [6.45, 7) is 0.926. The molecular weight excluding hydrogens is 409 g/mol. The van der Waals surface area contributed by atoms with Crippen LogP contribution in [0.15, 0.2) is 58.8 Å².